The molecule has 24 heteroatoms. The summed E-state index contributed by atoms with van der Waals surface area (Å²) in [7, 11) is 0. The third-order valence-electron chi connectivity index (χ3n) is 11.1. The topological polar surface area (TPSA) is 293 Å². The maximum Gasteiger partial charge on any atom is 0.408 e. The third kappa shape index (κ3) is 17.7. The van der Waals surface area contributed by atoms with Crippen LogP contribution in [0, 0.1) is 11.8 Å². The SMILES string of the molecule is CC[C@H](C)[C@@H](C(=O)N[C@H](C(=O)N1C[C@H](OCc2ccccc2)C[C@H]1C(=O)NN(CC(F)(F)F)C(=O)N[C@@H](C)c1ccccc1)C(C)C)N(O)C(=O)[C@@H](CCC(=O)O)NC(=O)[C@H](CC(=O)O)NC(C)=O. The molecule has 0 aliphatic carbocycles. The number of ether oxygens (including phenoxy) is 1. The molecule has 8 N–H and O–H groups in total. The van der Waals surface area contributed by atoms with Crippen LogP contribution in [0.25, 0.3) is 0 Å². The van der Waals surface area contributed by atoms with Crippen LogP contribution in [0.2, 0.25) is 0 Å². The summed E-state index contributed by atoms with van der Waals surface area (Å²) in [6, 6.07) is 6.39. The summed E-state index contributed by atoms with van der Waals surface area (Å²) in [6.07, 6.45) is -8.41. The molecule has 8 amide bonds. The summed E-state index contributed by atoms with van der Waals surface area (Å²) >= 11 is 0. The van der Waals surface area contributed by atoms with Crippen LogP contribution >= 0.6 is 0 Å². The predicted molar refractivity (Wildman–Crippen MR) is 237 cm³/mol. The van der Waals surface area contributed by atoms with E-state index in [-0.39, 0.29) is 36.1 Å². The van der Waals surface area contributed by atoms with Gasteiger partial charge in [-0.1, -0.05) is 94.8 Å². The van der Waals surface area contributed by atoms with Crippen molar-refractivity contribution >= 4 is 53.4 Å². The summed E-state index contributed by atoms with van der Waals surface area (Å²) in [5.41, 5.74) is 3.29. The number of hydrogen-bond donors (Lipinski definition) is 8. The lowest BCUT2D eigenvalue weighted by Gasteiger charge is -2.35. The van der Waals surface area contributed by atoms with Gasteiger partial charge in [0.25, 0.3) is 11.8 Å². The molecule has 8 atom stereocenters. The van der Waals surface area contributed by atoms with Crippen LogP contribution in [0.1, 0.15) is 90.8 Å². The van der Waals surface area contributed by atoms with Gasteiger partial charge in [0, 0.05) is 26.3 Å². The summed E-state index contributed by atoms with van der Waals surface area (Å²) in [5.74, 6) is -11.4. The van der Waals surface area contributed by atoms with Crippen LogP contribution in [0.5, 0.6) is 0 Å². The predicted octanol–water partition coefficient (Wildman–Crippen LogP) is 2.64. The molecule has 0 radical (unpaired) electrons. The van der Waals surface area contributed by atoms with Gasteiger partial charge in [-0.25, -0.2) is 14.9 Å². The normalized spacial score (nSPS) is 17.2. The van der Waals surface area contributed by atoms with E-state index in [9.17, 15) is 71.7 Å². The molecule has 380 valence electrons. The van der Waals surface area contributed by atoms with Gasteiger partial charge in [0.15, 0.2) is 0 Å². The van der Waals surface area contributed by atoms with Gasteiger partial charge < -0.3 is 41.1 Å². The summed E-state index contributed by atoms with van der Waals surface area (Å²) in [6.45, 7) is 6.37. The first-order valence-electron chi connectivity index (χ1n) is 22.1. The Hall–Kier alpha value is -6.82. The second-order valence-corrected chi connectivity index (χ2v) is 17.0. The van der Waals surface area contributed by atoms with Gasteiger partial charge >= 0.3 is 24.1 Å². The van der Waals surface area contributed by atoms with Crippen LogP contribution in [0.15, 0.2) is 60.7 Å². The Balaban J connectivity index is 1.97. The number of hydrogen-bond acceptors (Lipinski definition) is 11. The van der Waals surface area contributed by atoms with Crippen molar-refractivity contribution in [3.63, 3.8) is 0 Å². The number of aliphatic carboxylic acids is 2. The van der Waals surface area contributed by atoms with Crippen LogP contribution in [-0.4, -0.2) is 139 Å². The maximum atomic E-state index is 14.7. The van der Waals surface area contributed by atoms with E-state index in [1.807, 2.05) is 5.43 Å². The highest BCUT2D eigenvalue weighted by Crippen LogP contribution is 2.26. The van der Waals surface area contributed by atoms with Crippen molar-refractivity contribution in [2.45, 2.75) is 129 Å². The number of benzene rings is 2. The van der Waals surface area contributed by atoms with Crippen molar-refractivity contribution in [1.82, 2.24) is 41.7 Å². The number of likely N-dealkylation sites (tertiary alicyclic amines) is 1. The Labute approximate surface area is 396 Å². The lowest BCUT2D eigenvalue weighted by Crippen LogP contribution is -2.62. The number of urea groups is 1. The third-order valence-corrected chi connectivity index (χ3v) is 11.1. The molecule has 3 rings (SSSR count). The van der Waals surface area contributed by atoms with Gasteiger partial charge in [-0.2, -0.15) is 13.2 Å². The molecular weight excluding hydrogens is 918 g/mol. The highest BCUT2D eigenvalue weighted by Gasteiger charge is 2.46. The number of carboxylic acids is 2. The first-order chi connectivity index (χ1) is 32.3. The lowest BCUT2D eigenvalue weighted by atomic mass is 9.95. The zero-order valence-corrected chi connectivity index (χ0v) is 39.0. The number of carbonyl (C=O) groups is 9. The number of halogens is 3. The lowest BCUT2D eigenvalue weighted by molar-refractivity contribution is -0.187. The molecule has 1 fully saturated rings. The maximum absolute atomic E-state index is 14.7. The van der Waals surface area contributed by atoms with E-state index in [1.165, 1.54) is 27.7 Å². The van der Waals surface area contributed by atoms with Crippen molar-refractivity contribution < 1.29 is 76.5 Å². The number of amides is 8. The van der Waals surface area contributed by atoms with Gasteiger partial charge in [0.1, 0.15) is 36.8 Å². The Kier molecular flexibility index (Phi) is 21.4. The van der Waals surface area contributed by atoms with Crippen molar-refractivity contribution in [3.8, 4) is 0 Å². The molecule has 69 heavy (non-hydrogen) atoms. The Bertz CT molecular complexity index is 2100. The van der Waals surface area contributed by atoms with Gasteiger partial charge in [-0.05, 0) is 36.3 Å². The second-order valence-electron chi connectivity index (χ2n) is 17.0. The number of rotatable bonds is 23. The minimum absolute atomic E-state index is 0.00448. The Morgan fingerprint density at radius 2 is 1.43 bits per heavy atom. The van der Waals surface area contributed by atoms with Crippen molar-refractivity contribution in [3.05, 3.63) is 71.8 Å². The van der Waals surface area contributed by atoms with Gasteiger partial charge in [-0.15, -0.1) is 0 Å². The second kappa shape index (κ2) is 26.1. The number of hydrazine groups is 1. The van der Waals surface area contributed by atoms with E-state index in [0.717, 1.165) is 11.8 Å². The summed E-state index contributed by atoms with van der Waals surface area (Å²) < 4.78 is 47.8. The standard InChI is InChI=1S/C45H61F3N8O13/c1-7-26(4)38(56(68)42(65)32(18-19-35(58)59)51-39(62)33(21-36(60)61)50-28(6)57)41(64)52-37(25(2)3)43(66)54-22-31(69-23-29-14-10-8-11-15-29)20-34(54)40(63)53-55(24-45(46,47)48)44(67)49-27(5)30-16-12-9-13-17-30/h8-17,25-27,31-34,37-38,68H,7,18-24H2,1-6H3,(H,49,67)(H,50,57)(H,51,62)(H,52,64)(H,53,63)(H,58,59)(H,60,61)/t26-,27-,31+,32+,33-,34-,37-,38-/m0/s1. The Morgan fingerprint density at radius 3 is 1.97 bits per heavy atom. The zero-order valence-electron chi connectivity index (χ0n) is 39.0. The quantitative estimate of drug-likeness (QED) is 0.0588. The summed E-state index contributed by atoms with van der Waals surface area (Å²) in [5, 5.41) is 39.3. The van der Waals surface area contributed by atoms with E-state index in [2.05, 4.69) is 21.3 Å². The van der Waals surface area contributed by atoms with Crippen molar-refractivity contribution in [2.75, 3.05) is 13.1 Å². The van der Waals surface area contributed by atoms with E-state index < -0.39 is 140 Å². The molecule has 1 aliphatic heterocycles. The highest BCUT2D eigenvalue weighted by atomic mass is 19.4. The summed E-state index contributed by atoms with van der Waals surface area (Å²) in [4.78, 5) is 119. The minimum atomic E-state index is -4.99. The van der Waals surface area contributed by atoms with Crippen molar-refractivity contribution in [2.24, 2.45) is 11.8 Å². The molecule has 1 saturated heterocycles. The average molecular weight is 979 g/mol. The molecule has 1 aliphatic rings. The molecule has 0 saturated carbocycles. The Morgan fingerprint density at radius 1 is 0.826 bits per heavy atom. The number of alkyl halides is 3. The first kappa shape index (κ1) is 56.5. The molecule has 1 heterocycles. The molecule has 2 aromatic carbocycles. The van der Waals surface area contributed by atoms with Crippen LogP contribution in [-0.2, 0) is 49.7 Å². The average Bonchev–Trinajstić information content (AvgIpc) is 3.72. The monoisotopic (exact) mass is 978 g/mol. The number of nitrogens with zero attached hydrogens (tertiary/aromatic N) is 3. The number of hydroxylamine groups is 2. The molecule has 0 aromatic heterocycles. The highest BCUT2D eigenvalue weighted by molar-refractivity contribution is 5.97. The van der Waals surface area contributed by atoms with E-state index in [0.29, 0.717) is 11.1 Å². The van der Waals surface area contributed by atoms with Crippen LogP contribution < -0.4 is 26.7 Å². The molecule has 0 unspecified atom stereocenters. The smallest absolute Gasteiger partial charge is 0.408 e. The van der Waals surface area contributed by atoms with Crippen LogP contribution in [0.3, 0.4) is 0 Å². The fraction of sp³-hybridized carbons (Fsp3) is 0.533. The van der Waals surface area contributed by atoms with Gasteiger partial charge in [0.05, 0.1) is 25.2 Å². The van der Waals surface area contributed by atoms with Crippen LogP contribution in [0.4, 0.5) is 18.0 Å². The minimum Gasteiger partial charge on any atom is -0.481 e. The molecule has 0 bridgehead atoms. The molecular formula is C45H61F3N8O13. The van der Waals surface area contributed by atoms with Gasteiger partial charge in [0.2, 0.25) is 23.6 Å². The zero-order chi connectivity index (χ0) is 51.7. The van der Waals surface area contributed by atoms with Gasteiger partial charge in [-0.3, -0.25) is 49.0 Å². The van der Waals surface area contributed by atoms with E-state index in [1.54, 1.807) is 67.6 Å². The molecule has 2 aromatic rings. The number of carbonyl (C=O) groups excluding carboxylic acids is 7. The first-order valence-corrected chi connectivity index (χ1v) is 22.1. The fourth-order valence-corrected chi connectivity index (χ4v) is 7.32. The van der Waals surface area contributed by atoms with E-state index >= 15 is 0 Å². The molecule has 0 spiro atoms. The molecule has 21 nitrogen and oxygen atoms in total. The number of carboxylic acid groups (broad SMARTS) is 2. The fourth-order valence-electron chi connectivity index (χ4n) is 7.32. The van der Waals surface area contributed by atoms with Crippen molar-refractivity contribution in [1.29, 1.82) is 0 Å². The van der Waals surface area contributed by atoms with E-state index in [4.69, 9.17) is 4.74 Å². The number of nitrogens with one attached hydrogen (secondary N) is 5. The largest absolute Gasteiger partial charge is 0.481 e.